The average Bonchev–Trinajstić information content (AvgIpc) is 2.62. The molecule has 1 atom stereocenters. The Kier molecular flexibility index (Phi) is 3.45. The number of halogens is 2. The van der Waals surface area contributed by atoms with Crippen molar-refractivity contribution >= 4 is 27.3 Å². The lowest BCUT2D eigenvalue weighted by atomic mass is 10.1. The lowest BCUT2D eigenvalue weighted by molar-refractivity contribution is 0.624. The number of thiophene rings is 1. The minimum absolute atomic E-state index is 0.0839. The van der Waals surface area contributed by atoms with Crippen molar-refractivity contribution in [1.82, 2.24) is 0 Å². The largest absolute Gasteiger partial charge is 0.207 e. The van der Waals surface area contributed by atoms with E-state index in [1.165, 1.54) is 9.75 Å². The van der Waals surface area contributed by atoms with Crippen molar-refractivity contribution in [3.63, 3.8) is 0 Å². The molecule has 0 fully saturated rings. The number of benzene rings is 1. The highest BCUT2D eigenvalue weighted by atomic mass is 79.9. The van der Waals surface area contributed by atoms with Crippen LogP contribution in [0.1, 0.15) is 25.7 Å². The van der Waals surface area contributed by atoms with Crippen molar-refractivity contribution in [2.75, 3.05) is 0 Å². The van der Waals surface area contributed by atoms with Crippen molar-refractivity contribution in [3.05, 3.63) is 57.0 Å². The Morgan fingerprint density at radius 3 is 2.50 bits per heavy atom. The number of hydrogen-bond donors (Lipinski definition) is 0. The van der Waals surface area contributed by atoms with Crippen molar-refractivity contribution < 1.29 is 4.39 Å². The average molecular weight is 299 g/mol. The molecule has 0 saturated heterocycles. The minimum atomic E-state index is -0.173. The quantitative estimate of drug-likeness (QED) is 0.685. The Bertz CT molecular complexity index is 484. The predicted molar refractivity (Wildman–Crippen MR) is 71.0 cm³/mol. The Labute approximate surface area is 107 Å². The summed E-state index contributed by atoms with van der Waals surface area (Å²) in [5.41, 5.74) is 1.92. The number of aryl methyl sites for hydroxylation is 2. The highest BCUT2D eigenvalue weighted by Crippen LogP contribution is 2.35. The van der Waals surface area contributed by atoms with Crippen molar-refractivity contribution in [1.29, 1.82) is 0 Å². The maximum absolute atomic E-state index is 13.3. The van der Waals surface area contributed by atoms with Gasteiger partial charge in [-0.2, -0.15) is 0 Å². The molecule has 1 heterocycles. The van der Waals surface area contributed by atoms with Crippen molar-refractivity contribution in [3.8, 4) is 0 Å². The second-order valence-electron chi connectivity index (χ2n) is 3.87. The lowest BCUT2D eigenvalue weighted by Crippen LogP contribution is -1.92. The fraction of sp³-hybridized carbons (Fsp3) is 0.231. The molecule has 0 aliphatic rings. The van der Waals surface area contributed by atoms with Crippen LogP contribution in [0.5, 0.6) is 0 Å². The highest BCUT2D eigenvalue weighted by Gasteiger charge is 2.13. The van der Waals surface area contributed by atoms with Crippen LogP contribution in [0.25, 0.3) is 0 Å². The molecule has 2 rings (SSSR count). The van der Waals surface area contributed by atoms with Gasteiger partial charge >= 0.3 is 0 Å². The van der Waals surface area contributed by atoms with E-state index in [0.717, 1.165) is 11.1 Å². The summed E-state index contributed by atoms with van der Waals surface area (Å²) in [6, 6.07) is 9.31. The molecule has 1 aromatic heterocycles. The van der Waals surface area contributed by atoms with Gasteiger partial charge in [0.1, 0.15) is 5.82 Å². The molecule has 0 N–H and O–H groups in total. The summed E-state index contributed by atoms with van der Waals surface area (Å²) in [5, 5.41) is 0. The number of rotatable bonds is 2. The Balaban J connectivity index is 2.37. The summed E-state index contributed by atoms with van der Waals surface area (Å²) >= 11 is 5.35. The van der Waals surface area contributed by atoms with E-state index in [0.29, 0.717) is 0 Å². The Morgan fingerprint density at radius 2 is 1.94 bits per heavy atom. The molecule has 2 aromatic rings. The SMILES string of the molecule is Cc1cc(F)cc(C(Br)c2ccc(C)s2)c1. The van der Waals surface area contributed by atoms with Gasteiger partial charge in [-0.15, -0.1) is 11.3 Å². The molecule has 84 valence electrons. The molecule has 0 spiro atoms. The monoisotopic (exact) mass is 298 g/mol. The molecule has 0 aliphatic heterocycles. The zero-order valence-corrected chi connectivity index (χ0v) is 11.5. The summed E-state index contributed by atoms with van der Waals surface area (Å²) in [7, 11) is 0. The summed E-state index contributed by atoms with van der Waals surface area (Å²) in [5.74, 6) is -0.173. The molecular weight excluding hydrogens is 287 g/mol. The first-order valence-electron chi connectivity index (χ1n) is 5.04. The van der Waals surface area contributed by atoms with Crippen LogP contribution >= 0.6 is 27.3 Å². The summed E-state index contributed by atoms with van der Waals surface area (Å²) in [6.45, 7) is 3.98. The third-order valence-electron chi connectivity index (χ3n) is 2.37. The van der Waals surface area contributed by atoms with Crippen LogP contribution in [-0.2, 0) is 0 Å². The fourth-order valence-corrected chi connectivity index (χ4v) is 3.25. The first-order chi connectivity index (χ1) is 7.56. The normalized spacial score (nSPS) is 12.8. The molecule has 0 amide bonds. The molecule has 0 aliphatic carbocycles. The van der Waals surface area contributed by atoms with E-state index < -0.39 is 0 Å². The van der Waals surface area contributed by atoms with Gasteiger partial charge in [-0.25, -0.2) is 4.39 Å². The van der Waals surface area contributed by atoms with E-state index in [1.54, 1.807) is 23.5 Å². The minimum Gasteiger partial charge on any atom is -0.207 e. The second-order valence-corrected chi connectivity index (χ2v) is 6.11. The number of hydrogen-bond acceptors (Lipinski definition) is 1. The molecule has 0 radical (unpaired) electrons. The van der Waals surface area contributed by atoms with E-state index >= 15 is 0 Å². The third-order valence-corrected chi connectivity index (χ3v) is 4.76. The van der Waals surface area contributed by atoms with E-state index in [4.69, 9.17) is 0 Å². The first kappa shape index (κ1) is 11.8. The van der Waals surface area contributed by atoms with Gasteiger partial charge in [0, 0.05) is 9.75 Å². The van der Waals surface area contributed by atoms with Crippen LogP contribution in [0, 0.1) is 19.7 Å². The maximum atomic E-state index is 13.3. The van der Waals surface area contributed by atoms with Crippen molar-refractivity contribution in [2.24, 2.45) is 0 Å². The van der Waals surface area contributed by atoms with Gasteiger partial charge in [-0.1, -0.05) is 22.0 Å². The lowest BCUT2D eigenvalue weighted by Gasteiger charge is -2.09. The zero-order valence-electron chi connectivity index (χ0n) is 9.13. The summed E-state index contributed by atoms with van der Waals surface area (Å²) in [6.07, 6.45) is 0. The van der Waals surface area contributed by atoms with Gasteiger partial charge in [0.25, 0.3) is 0 Å². The number of alkyl halides is 1. The van der Waals surface area contributed by atoms with Crippen LogP contribution < -0.4 is 0 Å². The van der Waals surface area contributed by atoms with Gasteiger partial charge < -0.3 is 0 Å². The van der Waals surface area contributed by atoms with Gasteiger partial charge in [0.2, 0.25) is 0 Å². The summed E-state index contributed by atoms with van der Waals surface area (Å²) in [4.78, 5) is 2.57. The molecule has 0 bridgehead atoms. The van der Waals surface area contributed by atoms with Gasteiger partial charge in [-0.3, -0.25) is 0 Å². The van der Waals surface area contributed by atoms with Crippen LogP contribution in [-0.4, -0.2) is 0 Å². The van der Waals surface area contributed by atoms with Gasteiger partial charge in [0.15, 0.2) is 0 Å². The van der Waals surface area contributed by atoms with E-state index in [9.17, 15) is 4.39 Å². The van der Waals surface area contributed by atoms with Crippen LogP contribution in [0.3, 0.4) is 0 Å². The topological polar surface area (TPSA) is 0 Å². The molecule has 1 unspecified atom stereocenters. The first-order valence-corrected chi connectivity index (χ1v) is 6.77. The van der Waals surface area contributed by atoms with Gasteiger partial charge in [0.05, 0.1) is 4.83 Å². The van der Waals surface area contributed by atoms with Crippen molar-refractivity contribution in [2.45, 2.75) is 18.7 Å². The third kappa shape index (κ3) is 2.53. The van der Waals surface area contributed by atoms with Gasteiger partial charge in [-0.05, 0) is 49.2 Å². The highest BCUT2D eigenvalue weighted by molar-refractivity contribution is 9.09. The standard InChI is InChI=1S/C13H12BrFS/c1-8-5-10(7-11(15)6-8)13(14)12-4-3-9(2)16-12/h3-7,13H,1-2H3. The second kappa shape index (κ2) is 4.68. The maximum Gasteiger partial charge on any atom is 0.123 e. The summed E-state index contributed by atoms with van der Waals surface area (Å²) < 4.78 is 13.3. The molecule has 3 heteroatoms. The Hall–Kier alpha value is -0.670. The van der Waals surface area contributed by atoms with E-state index in [1.807, 2.05) is 13.0 Å². The molecular formula is C13H12BrFS. The molecule has 1 aromatic carbocycles. The molecule has 16 heavy (non-hydrogen) atoms. The molecule has 0 saturated carbocycles. The van der Waals surface area contributed by atoms with Crippen LogP contribution in [0.15, 0.2) is 30.3 Å². The Morgan fingerprint density at radius 1 is 1.19 bits per heavy atom. The van der Waals surface area contributed by atoms with Crippen LogP contribution in [0.4, 0.5) is 4.39 Å². The smallest absolute Gasteiger partial charge is 0.123 e. The zero-order chi connectivity index (χ0) is 11.7. The van der Waals surface area contributed by atoms with E-state index in [-0.39, 0.29) is 10.6 Å². The van der Waals surface area contributed by atoms with E-state index in [2.05, 4.69) is 35.0 Å². The molecule has 0 nitrogen and oxygen atoms in total. The van der Waals surface area contributed by atoms with Crippen LogP contribution in [0.2, 0.25) is 0 Å². The fourth-order valence-electron chi connectivity index (χ4n) is 1.66. The predicted octanol–water partition coefficient (Wildman–Crippen LogP) is 4.99.